The van der Waals surface area contributed by atoms with Gasteiger partial charge in [-0.05, 0) is 48.4 Å². The van der Waals surface area contributed by atoms with Crippen LogP contribution < -0.4 is 10.9 Å². The molecule has 0 bridgehead atoms. The molecule has 24 heavy (non-hydrogen) atoms. The fraction of sp³-hybridized carbons (Fsp3) is 0.111. The Morgan fingerprint density at radius 2 is 2.00 bits per heavy atom. The molecule has 3 rings (SSSR count). The second-order valence-corrected chi connectivity index (χ2v) is 6.91. The fourth-order valence-corrected chi connectivity index (χ4v) is 3.64. The minimum atomic E-state index is -0.292. The fourth-order valence-electron chi connectivity index (χ4n) is 2.39. The Morgan fingerprint density at radius 3 is 2.75 bits per heavy atom. The third-order valence-corrected chi connectivity index (χ3v) is 5.12. The van der Waals surface area contributed by atoms with E-state index in [0.29, 0.717) is 9.90 Å². The normalized spacial score (nSPS) is 10.6. The van der Waals surface area contributed by atoms with E-state index >= 15 is 0 Å². The van der Waals surface area contributed by atoms with Crippen LogP contribution in [0.1, 0.15) is 15.2 Å². The molecule has 2 heterocycles. The van der Waals surface area contributed by atoms with E-state index in [4.69, 9.17) is 11.6 Å². The number of nitrogens with zero attached hydrogens (tertiary/aromatic N) is 1. The van der Waals surface area contributed by atoms with E-state index < -0.39 is 0 Å². The maximum absolute atomic E-state index is 12.5. The molecule has 1 aromatic carbocycles. The second kappa shape index (κ2) is 6.63. The molecule has 4 nitrogen and oxygen atoms in total. The van der Waals surface area contributed by atoms with E-state index in [0.717, 1.165) is 16.0 Å². The lowest BCUT2D eigenvalue weighted by molar-refractivity contribution is 0.103. The van der Waals surface area contributed by atoms with Crippen LogP contribution in [0.5, 0.6) is 0 Å². The van der Waals surface area contributed by atoms with Crippen molar-refractivity contribution in [2.75, 3.05) is 5.32 Å². The van der Waals surface area contributed by atoms with Crippen molar-refractivity contribution in [2.24, 2.45) is 7.05 Å². The Bertz CT molecular complexity index is 975. The molecular formula is C18H15ClN2O2S. The van der Waals surface area contributed by atoms with E-state index in [1.54, 1.807) is 25.4 Å². The van der Waals surface area contributed by atoms with E-state index in [1.807, 2.05) is 37.3 Å². The van der Waals surface area contributed by atoms with Crippen LogP contribution in [0.25, 0.3) is 10.4 Å². The Hall–Kier alpha value is -2.37. The molecule has 0 radical (unpaired) electrons. The molecule has 6 heteroatoms. The molecule has 0 fully saturated rings. The Labute approximate surface area is 148 Å². The molecule has 0 aliphatic heterocycles. The van der Waals surface area contributed by atoms with Crippen molar-refractivity contribution in [3.8, 4) is 10.4 Å². The molecule has 0 aliphatic rings. The number of halogens is 1. The highest BCUT2D eigenvalue weighted by molar-refractivity contribution is 7.17. The first-order valence-electron chi connectivity index (χ1n) is 7.29. The summed E-state index contributed by atoms with van der Waals surface area (Å²) in [6.07, 6.45) is 1.64. The van der Waals surface area contributed by atoms with Gasteiger partial charge in [-0.15, -0.1) is 11.3 Å². The van der Waals surface area contributed by atoms with Crippen LogP contribution in [0.4, 0.5) is 5.69 Å². The minimum absolute atomic E-state index is 0.241. The van der Waals surface area contributed by atoms with Gasteiger partial charge in [-0.3, -0.25) is 9.59 Å². The number of hydrogen-bond donors (Lipinski definition) is 1. The predicted molar refractivity (Wildman–Crippen MR) is 99.1 cm³/mol. The van der Waals surface area contributed by atoms with Crippen molar-refractivity contribution in [1.82, 2.24) is 4.57 Å². The maximum Gasteiger partial charge on any atom is 0.274 e. The summed E-state index contributed by atoms with van der Waals surface area (Å²) in [7, 11) is 1.64. The summed E-state index contributed by atoms with van der Waals surface area (Å²) in [5.74, 6) is -0.292. The van der Waals surface area contributed by atoms with E-state index in [2.05, 4.69) is 5.32 Å². The van der Waals surface area contributed by atoms with Gasteiger partial charge in [0.25, 0.3) is 11.5 Å². The molecule has 3 aromatic rings. The average molecular weight is 359 g/mol. The average Bonchev–Trinajstić information content (AvgIpc) is 2.94. The SMILES string of the molecule is Cc1cc(C(=O)Nc2cccn(C)c2=O)sc1-c1cccc(Cl)c1. The van der Waals surface area contributed by atoms with Gasteiger partial charge in [0, 0.05) is 23.1 Å². The molecule has 0 spiro atoms. The summed E-state index contributed by atoms with van der Waals surface area (Å²) >= 11 is 7.42. The molecule has 0 saturated carbocycles. The van der Waals surface area contributed by atoms with Gasteiger partial charge in [-0.25, -0.2) is 0 Å². The first-order chi connectivity index (χ1) is 11.5. The predicted octanol–water partition coefficient (Wildman–Crippen LogP) is 4.33. The van der Waals surface area contributed by atoms with Gasteiger partial charge < -0.3 is 9.88 Å². The van der Waals surface area contributed by atoms with Gasteiger partial charge in [0.2, 0.25) is 0 Å². The van der Waals surface area contributed by atoms with Crippen molar-refractivity contribution in [1.29, 1.82) is 0 Å². The number of nitrogens with one attached hydrogen (secondary N) is 1. The summed E-state index contributed by atoms with van der Waals surface area (Å²) in [5.41, 5.74) is 1.99. The highest BCUT2D eigenvalue weighted by atomic mass is 35.5. The van der Waals surface area contributed by atoms with E-state index in [1.165, 1.54) is 15.9 Å². The molecule has 1 N–H and O–H groups in total. The van der Waals surface area contributed by atoms with Gasteiger partial charge in [0.1, 0.15) is 5.69 Å². The van der Waals surface area contributed by atoms with Crippen LogP contribution in [-0.4, -0.2) is 10.5 Å². The molecule has 0 atom stereocenters. The number of amides is 1. The molecule has 0 unspecified atom stereocenters. The van der Waals surface area contributed by atoms with Gasteiger partial charge in [-0.2, -0.15) is 0 Å². The third kappa shape index (κ3) is 3.27. The number of carbonyl (C=O) groups is 1. The van der Waals surface area contributed by atoms with E-state index in [-0.39, 0.29) is 17.2 Å². The molecule has 2 aromatic heterocycles. The standard InChI is InChI=1S/C18H15ClN2O2S/c1-11-9-15(24-16(11)12-5-3-6-13(19)10-12)17(22)20-14-7-4-8-21(2)18(14)23/h3-10H,1-2H3,(H,20,22). The number of thiophene rings is 1. The molecule has 122 valence electrons. The first kappa shape index (κ1) is 16.5. The molecule has 1 amide bonds. The number of hydrogen-bond acceptors (Lipinski definition) is 3. The smallest absolute Gasteiger partial charge is 0.274 e. The number of benzene rings is 1. The topological polar surface area (TPSA) is 51.1 Å². The summed E-state index contributed by atoms with van der Waals surface area (Å²) in [6, 6.07) is 12.7. The number of carbonyl (C=O) groups excluding carboxylic acids is 1. The third-order valence-electron chi connectivity index (χ3n) is 3.60. The van der Waals surface area contributed by atoms with Crippen molar-refractivity contribution >= 4 is 34.5 Å². The van der Waals surface area contributed by atoms with Crippen LogP contribution >= 0.6 is 22.9 Å². The van der Waals surface area contributed by atoms with Crippen molar-refractivity contribution in [2.45, 2.75) is 6.92 Å². The monoisotopic (exact) mass is 358 g/mol. The van der Waals surface area contributed by atoms with Crippen LogP contribution in [0.3, 0.4) is 0 Å². The van der Waals surface area contributed by atoms with Crippen LogP contribution in [0.2, 0.25) is 5.02 Å². The van der Waals surface area contributed by atoms with Gasteiger partial charge in [0.05, 0.1) is 4.88 Å². The molecule has 0 aliphatic carbocycles. The van der Waals surface area contributed by atoms with Crippen molar-refractivity contribution < 1.29 is 4.79 Å². The lowest BCUT2D eigenvalue weighted by atomic mass is 10.1. The van der Waals surface area contributed by atoms with Crippen LogP contribution in [-0.2, 0) is 7.05 Å². The highest BCUT2D eigenvalue weighted by Gasteiger charge is 2.15. The Balaban J connectivity index is 1.91. The van der Waals surface area contributed by atoms with Gasteiger partial charge >= 0.3 is 0 Å². The number of rotatable bonds is 3. The van der Waals surface area contributed by atoms with Gasteiger partial charge in [-0.1, -0.05) is 23.7 Å². The lowest BCUT2D eigenvalue weighted by Gasteiger charge is -2.04. The highest BCUT2D eigenvalue weighted by Crippen LogP contribution is 2.33. The first-order valence-corrected chi connectivity index (χ1v) is 8.48. The largest absolute Gasteiger partial charge is 0.317 e. The van der Waals surface area contributed by atoms with Crippen molar-refractivity contribution in [3.05, 3.63) is 74.5 Å². The number of aryl methyl sites for hydroxylation is 2. The summed E-state index contributed by atoms with van der Waals surface area (Å²) < 4.78 is 1.42. The molecular weight excluding hydrogens is 344 g/mol. The Morgan fingerprint density at radius 1 is 1.21 bits per heavy atom. The zero-order valence-electron chi connectivity index (χ0n) is 13.2. The number of anilines is 1. The second-order valence-electron chi connectivity index (χ2n) is 5.43. The Kier molecular flexibility index (Phi) is 4.55. The van der Waals surface area contributed by atoms with Gasteiger partial charge in [0.15, 0.2) is 0 Å². The van der Waals surface area contributed by atoms with Crippen molar-refractivity contribution in [3.63, 3.8) is 0 Å². The number of aromatic nitrogens is 1. The number of pyridine rings is 1. The minimum Gasteiger partial charge on any atom is -0.317 e. The molecule has 0 saturated heterocycles. The lowest BCUT2D eigenvalue weighted by Crippen LogP contribution is -2.23. The van der Waals surface area contributed by atoms with Crippen LogP contribution in [0.15, 0.2) is 53.5 Å². The summed E-state index contributed by atoms with van der Waals surface area (Å²) in [6.45, 7) is 1.95. The summed E-state index contributed by atoms with van der Waals surface area (Å²) in [4.78, 5) is 26.0. The quantitative estimate of drug-likeness (QED) is 0.757. The zero-order chi connectivity index (χ0) is 17.3. The maximum atomic E-state index is 12.5. The summed E-state index contributed by atoms with van der Waals surface area (Å²) in [5, 5.41) is 3.33. The van der Waals surface area contributed by atoms with Crippen LogP contribution in [0, 0.1) is 6.92 Å². The zero-order valence-corrected chi connectivity index (χ0v) is 14.7. The van der Waals surface area contributed by atoms with E-state index in [9.17, 15) is 9.59 Å².